The molecule has 0 aliphatic rings. The molecule has 0 saturated carbocycles. The second-order valence-electron chi connectivity index (χ2n) is 17.5. The van der Waals surface area contributed by atoms with Crippen LogP contribution in [0, 0.1) is 0 Å². The highest BCUT2D eigenvalue weighted by molar-refractivity contribution is 5.71. The monoisotopic (exact) mass is 915 g/mol. The van der Waals surface area contributed by atoms with Gasteiger partial charge in [0.15, 0.2) is 6.10 Å². The lowest BCUT2D eigenvalue weighted by molar-refractivity contribution is -0.167. The van der Waals surface area contributed by atoms with E-state index >= 15 is 0 Å². The Labute approximate surface area is 406 Å². The zero-order valence-electron chi connectivity index (χ0n) is 42.7. The molecule has 0 aliphatic heterocycles. The molecule has 374 valence electrons. The molecular formula is C60H98O6. The van der Waals surface area contributed by atoms with Crippen LogP contribution < -0.4 is 0 Å². The number of rotatable bonds is 47. The van der Waals surface area contributed by atoms with Crippen molar-refractivity contribution in [3.05, 3.63) is 109 Å². The van der Waals surface area contributed by atoms with Crippen LogP contribution in [0.3, 0.4) is 0 Å². The molecule has 0 aliphatic carbocycles. The highest BCUT2D eigenvalue weighted by atomic mass is 16.6. The van der Waals surface area contributed by atoms with Crippen molar-refractivity contribution >= 4 is 17.9 Å². The third-order valence-electron chi connectivity index (χ3n) is 11.1. The van der Waals surface area contributed by atoms with E-state index < -0.39 is 6.10 Å². The Morgan fingerprint density at radius 1 is 0.333 bits per heavy atom. The van der Waals surface area contributed by atoms with E-state index in [0.717, 1.165) is 103 Å². The van der Waals surface area contributed by atoms with Gasteiger partial charge in [-0.3, -0.25) is 14.4 Å². The van der Waals surface area contributed by atoms with Gasteiger partial charge in [-0.1, -0.05) is 220 Å². The van der Waals surface area contributed by atoms with E-state index in [1.54, 1.807) is 0 Å². The molecule has 1 atom stereocenters. The van der Waals surface area contributed by atoms with Gasteiger partial charge in [-0.25, -0.2) is 0 Å². The smallest absolute Gasteiger partial charge is 0.306 e. The maximum atomic E-state index is 12.8. The number of hydrogen-bond acceptors (Lipinski definition) is 6. The summed E-state index contributed by atoms with van der Waals surface area (Å²) in [5.41, 5.74) is 0. The molecule has 0 rings (SSSR count). The zero-order chi connectivity index (χ0) is 47.9. The fourth-order valence-corrected chi connectivity index (χ4v) is 7.03. The molecule has 0 fully saturated rings. The standard InChI is InChI=1S/C60H98O6/c1-4-7-10-13-16-19-22-25-28-30-33-35-38-41-44-47-50-53-59(62)65-56-57(55-64-58(61)52-49-46-43-40-37-34-31-27-24-21-18-15-12-9-6-3)66-60(63)54-51-48-45-42-39-36-32-29-26-23-20-17-14-11-8-5-2/h9,12,15-16,18-19,21,24-25,27-29,31-33,35,41,44,57H,4-8,10-11,13-14,17,20,22-23,26,30,34,36-40,42-43,45-56H2,1-3H3/b12-9-,18-15-,19-16-,24-21-,28-25-,31-27-,32-29-,35-33-,44-41-. The summed E-state index contributed by atoms with van der Waals surface area (Å²) < 4.78 is 16.8. The number of carbonyl (C=O) groups is 3. The van der Waals surface area contributed by atoms with Crippen LogP contribution in [-0.2, 0) is 28.6 Å². The Bertz CT molecular complexity index is 1370. The van der Waals surface area contributed by atoms with Crippen molar-refractivity contribution in [1.82, 2.24) is 0 Å². The Balaban J connectivity index is 4.54. The van der Waals surface area contributed by atoms with E-state index in [4.69, 9.17) is 14.2 Å². The molecule has 0 spiro atoms. The van der Waals surface area contributed by atoms with Crippen molar-refractivity contribution in [1.29, 1.82) is 0 Å². The second kappa shape index (κ2) is 53.7. The lowest BCUT2D eigenvalue weighted by Gasteiger charge is -2.18. The number of hydrogen-bond donors (Lipinski definition) is 0. The van der Waals surface area contributed by atoms with Crippen LogP contribution >= 0.6 is 0 Å². The fourth-order valence-electron chi connectivity index (χ4n) is 7.03. The van der Waals surface area contributed by atoms with Crippen LogP contribution in [0.4, 0.5) is 0 Å². The fraction of sp³-hybridized carbons (Fsp3) is 0.650. The molecule has 0 amide bonds. The molecule has 1 unspecified atom stereocenters. The Morgan fingerprint density at radius 3 is 1.17 bits per heavy atom. The first kappa shape index (κ1) is 62.1. The molecular weight excluding hydrogens is 817 g/mol. The van der Waals surface area contributed by atoms with Gasteiger partial charge in [0.25, 0.3) is 0 Å². The van der Waals surface area contributed by atoms with Crippen LogP contribution in [0.15, 0.2) is 109 Å². The van der Waals surface area contributed by atoms with E-state index in [2.05, 4.69) is 106 Å². The minimum atomic E-state index is -0.816. The van der Waals surface area contributed by atoms with Crippen LogP contribution in [0.1, 0.15) is 233 Å². The normalized spacial score (nSPS) is 13.0. The Morgan fingerprint density at radius 2 is 0.667 bits per heavy atom. The molecule has 0 aromatic carbocycles. The SMILES string of the molecule is CC\C=C/C=C\C=C/C=C\CCCCCCCC(=O)OCC(COC(=O)CCC/C=C\C/C=C\C/C=C\C/C=C\CCCCC)OC(=O)CCCCCCC/C=C\CCCCCCCCC. The van der Waals surface area contributed by atoms with Crippen molar-refractivity contribution in [2.45, 2.75) is 239 Å². The number of carbonyl (C=O) groups excluding carboxylic acids is 3. The van der Waals surface area contributed by atoms with E-state index in [1.165, 1.54) is 83.5 Å². The van der Waals surface area contributed by atoms with Gasteiger partial charge in [0, 0.05) is 19.3 Å². The van der Waals surface area contributed by atoms with Gasteiger partial charge >= 0.3 is 17.9 Å². The third kappa shape index (κ3) is 51.1. The van der Waals surface area contributed by atoms with Crippen molar-refractivity contribution in [3.63, 3.8) is 0 Å². The first-order valence-corrected chi connectivity index (χ1v) is 26.9. The maximum Gasteiger partial charge on any atom is 0.306 e. The summed E-state index contributed by atoms with van der Waals surface area (Å²) in [5, 5.41) is 0. The summed E-state index contributed by atoms with van der Waals surface area (Å²) in [4.78, 5) is 38.0. The van der Waals surface area contributed by atoms with Crippen LogP contribution in [0.25, 0.3) is 0 Å². The summed E-state index contributed by atoms with van der Waals surface area (Å²) in [6.07, 6.45) is 72.2. The van der Waals surface area contributed by atoms with Crippen molar-refractivity contribution in [3.8, 4) is 0 Å². The number of unbranched alkanes of at least 4 members (excludes halogenated alkanes) is 21. The van der Waals surface area contributed by atoms with E-state index in [0.29, 0.717) is 19.3 Å². The molecule has 6 heteroatoms. The molecule has 0 N–H and O–H groups in total. The summed E-state index contributed by atoms with van der Waals surface area (Å²) in [5.74, 6) is -1.00. The second-order valence-corrected chi connectivity index (χ2v) is 17.5. The zero-order valence-corrected chi connectivity index (χ0v) is 42.7. The first-order chi connectivity index (χ1) is 32.5. The average Bonchev–Trinajstić information content (AvgIpc) is 3.31. The predicted octanol–water partition coefficient (Wildman–Crippen LogP) is 17.9. The highest BCUT2D eigenvalue weighted by Crippen LogP contribution is 2.13. The largest absolute Gasteiger partial charge is 0.462 e. The van der Waals surface area contributed by atoms with Crippen molar-refractivity contribution in [2.24, 2.45) is 0 Å². The summed E-state index contributed by atoms with van der Waals surface area (Å²) >= 11 is 0. The van der Waals surface area contributed by atoms with E-state index in [-0.39, 0.29) is 37.5 Å². The topological polar surface area (TPSA) is 78.9 Å². The minimum absolute atomic E-state index is 0.113. The quantitative estimate of drug-likeness (QED) is 0.0199. The lowest BCUT2D eigenvalue weighted by Crippen LogP contribution is -2.30. The van der Waals surface area contributed by atoms with Gasteiger partial charge in [0.2, 0.25) is 0 Å². The predicted molar refractivity (Wildman–Crippen MR) is 283 cm³/mol. The average molecular weight is 915 g/mol. The molecule has 0 bridgehead atoms. The summed E-state index contributed by atoms with van der Waals surface area (Å²) in [6.45, 7) is 6.39. The Hall–Kier alpha value is -3.93. The van der Waals surface area contributed by atoms with Gasteiger partial charge < -0.3 is 14.2 Å². The number of esters is 3. The Kier molecular flexibility index (Phi) is 50.5. The maximum absolute atomic E-state index is 12.8. The van der Waals surface area contributed by atoms with Crippen LogP contribution in [-0.4, -0.2) is 37.2 Å². The number of ether oxygens (including phenoxy) is 3. The number of allylic oxidation sites excluding steroid dienone is 18. The van der Waals surface area contributed by atoms with E-state index in [1.807, 2.05) is 24.3 Å². The first-order valence-electron chi connectivity index (χ1n) is 26.9. The van der Waals surface area contributed by atoms with Crippen molar-refractivity contribution in [2.75, 3.05) is 13.2 Å². The van der Waals surface area contributed by atoms with Crippen LogP contribution in [0.2, 0.25) is 0 Å². The van der Waals surface area contributed by atoms with Gasteiger partial charge in [-0.15, -0.1) is 0 Å². The molecule has 0 radical (unpaired) electrons. The highest BCUT2D eigenvalue weighted by Gasteiger charge is 2.19. The molecule has 0 heterocycles. The van der Waals surface area contributed by atoms with Gasteiger partial charge in [-0.2, -0.15) is 0 Å². The molecule has 0 saturated heterocycles. The molecule has 66 heavy (non-hydrogen) atoms. The van der Waals surface area contributed by atoms with Gasteiger partial charge in [-0.05, 0) is 103 Å². The lowest BCUT2D eigenvalue weighted by atomic mass is 10.1. The van der Waals surface area contributed by atoms with Crippen molar-refractivity contribution < 1.29 is 28.6 Å². The van der Waals surface area contributed by atoms with Crippen LogP contribution in [0.5, 0.6) is 0 Å². The molecule has 6 nitrogen and oxygen atoms in total. The van der Waals surface area contributed by atoms with Gasteiger partial charge in [0.05, 0.1) is 0 Å². The molecule has 0 aromatic heterocycles. The van der Waals surface area contributed by atoms with E-state index in [9.17, 15) is 14.4 Å². The molecule has 0 aromatic rings. The van der Waals surface area contributed by atoms with Gasteiger partial charge in [0.1, 0.15) is 13.2 Å². The third-order valence-corrected chi connectivity index (χ3v) is 11.1. The summed E-state index contributed by atoms with van der Waals surface area (Å²) in [6, 6.07) is 0. The summed E-state index contributed by atoms with van der Waals surface area (Å²) in [7, 11) is 0. The minimum Gasteiger partial charge on any atom is -0.462 e.